The topological polar surface area (TPSA) is 35.2 Å². The van der Waals surface area contributed by atoms with E-state index in [2.05, 4.69) is 13.8 Å². The van der Waals surface area contributed by atoms with Gasteiger partial charge in [-0.05, 0) is 19.3 Å². The van der Waals surface area contributed by atoms with E-state index in [1.807, 2.05) is 11.8 Å². The number of hydrogen-bond acceptors (Lipinski definition) is 3. The van der Waals surface area contributed by atoms with Gasteiger partial charge in [0.25, 0.3) is 0 Å². The zero-order valence-corrected chi connectivity index (χ0v) is 9.48. The van der Waals surface area contributed by atoms with Gasteiger partial charge in [0.1, 0.15) is 0 Å². The molecule has 0 radical (unpaired) electrons. The minimum Gasteiger partial charge on any atom is -0.377 e. The Bertz CT molecular complexity index is 137. The van der Waals surface area contributed by atoms with Crippen molar-refractivity contribution >= 4 is 11.8 Å². The second kappa shape index (κ2) is 5.89. The van der Waals surface area contributed by atoms with Crippen molar-refractivity contribution in [2.24, 2.45) is 5.73 Å². The van der Waals surface area contributed by atoms with Crippen LogP contribution in [0.25, 0.3) is 0 Å². The predicted molar refractivity (Wildman–Crippen MR) is 59.2 cm³/mol. The molecule has 0 saturated carbocycles. The molecule has 1 aliphatic heterocycles. The summed E-state index contributed by atoms with van der Waals surface area (Å²) >= 11 is 1.96. The van der Waals surface area contributed by atoms with Gasteiger partial charge in [-0.25, -0.2) is 0 Å². The molecule has 13 heavy (non-hydrogen) atoms. The Balaban J connectivity index is 2.10. The molecule has 1 heterocycles. The fourth-order valence-electron chi connectivity index (χ4n) is 1.49. The highest BCUT2D eigenvalue weighted by atomic mass is 32.2. The van der Waals surface area contributed by atoms with E-state index in [0.29, 0.717) is 17.4 Å². The summed E-state index contributed by atoms with van der Waals surface area (Å²) in [4.78, 5) is 0. The summed E-state index contributed by atoms with van der Waals surface area (Å²) in [6.07, 6.45) is 4.04. The third-order valence-corrected chi connectivity index (χ3v) is 4.08. The molecular weight excluding hydrogens is 182 g/mol. The lowest BCUT2D eigenvalue weighted by Crippen LogP contribution is -2.30. The van der Waals surface area contributed by atoms with Crippen molar-refractivity contribution in [3.8, 4) is 0 Å². The first-order chi connectivity index (χ1) is 6.24. The quantitative estimate of drug-likeness (QED) is 0.742. The molecule has 0 aliphatic carbocycles. The van der Waals surface area contributed by atoms with Crippen LogP contribution >= 0.6 is 11.8 Å². The highest BCUT2D eigenvalue weighted by molar-refractivity contribution is 7.99. The van der Waals surface area contributed by atoms with E-state index in [1.54, 1.807) is 0 Å². The molecule has 2 nitrogen and oxygen atoms in total. The van der Waals surface area contributed by atoms with Crippen LogP contribution in [0.3, 0.4) is 0 Å². The molecule has 3 heteroatoms. The van der Waals surface area contributed by atoms with Crippen molar-refractivity contribution < 1.29 is 4.74 Å². The molecule has 1 rings (SSSR count). The summed E-state index contributed by atoms with van der Waals surface area (Å²) in [6.45, 7) is 5.32. The minimum atomic E-state index is 0.339. The first-order valence-electron chi connectivity index (χ1n) is 5.22. The van der Waals surface area contributed by atoms with E-state index >= 15 is 0 Å². The molecule has 1 saturated heterocycles. The predicted octanol–water partition coefficient (Wildman–Crippen LogP) is 2.02. The van der Waals surface area contributed by atoms with Gasteiger partial charge < -0.3 is 10.5 Å². The lowest BCUT2D eigenvalue weighted by molar-refractivity contribution is 0.128. The SMILES string of the molecule is CCC(N)C(C)SCC1CCCO1. The third kappa shape index (κ3) is 3.88. The van der Waals surface area contributed by atoms with Gasteiger partial charge in [0.2, 0.25) is 0 Å². The largest absolute Gasteiger partial charge is 0.377 e. The number of thioether (sulfide) groups is 1. The number of hydrogen-bond donors (Lipinski definition) is 1. The van der Waals surface area contributed by atoms with Gasteiger partial charge >= 0.3 is 0 Å². The summed E-state index contributed by atoms with van der Waals surface area (Å²) < 4.78 is 5.56. The van der Waals surface area contributed by atoms with E-state index in [-0.39, 0.29) is 0 Å². The summed E-state index contributed by atoms with van der Waals surface area (Å²) in [7, 11) is 0. The van der Waals surface area contributed by atoms with Gasteiger partial charge in [0, 0.05) is 23.7 Å². The molecule has 0 amide bonds. The van der Waals surface area contributed by atoms with Crippen molar-refractivity contribution in [1.29, 1.82) is 0 Å². The Morgan fingerprint density at radius 3 is 2.92 bits per heavy atom. The second-order valence-electron chi connectivity index (χ2n) is 3.75. The monoisotopic (exact) mass is 203 g/mol. The smallest absolute Gasteiger partial charge is 0.0666 e. The van der Waals surface area contributed by atoms with Gasteiger partial charge in [-0.3, -0.25) is 0 Å². The van der Waals surface area contributed by atoms with E-state index in [9.17, 15) is 0 Å². The Labute approximate surface area is 85.6 Å². The van der Waals surface area contributed by atoms with Crippen LogP contribution in [-0.4, -0.2) is 29.8 Å². The molecule has 0 spiro atoms. The molecule has 78 valence electrons. The highest BCUT2D eigenvalue weighted by Crippen LogP contribution is 2.21. The molecule has 0 bridgehead atoms. The first kappa shape index (κ1) is 11.3. The number of nitrogens with two attached hydrogens (primary N) is 1. The maximum Gasteiger partial charge on any atom is 0.0666 e. The maximum absolute atomic E-state index is 5.94. The van der Waals surface area contributed by atoms with Crippen molar-refractivity contribution in [1.82, 2.24) is 0 Å². The van der Waals surface area contributed by atoms with Gasteiger partial charge in [-0.1, -0.05) is 13.8 Å². The minimum absolute atomic E-state index is 0.339. The maximum atomic E-state index is 5.94. The average Bonchev–Trinajstić information content (AvgIpc) is 2.65. The molecule has 0 aromatic carbocycles. The summed E-state index contributed by atoms with van der Waals surface area (Å²) in [5.74, 6) is 1.12. The molecule has 3 unspecified atom stereocenters. The van der Waals surface area contributed by atoms with Crippen LogP contribution < -0.4 is 5.73 Å². The van der Waals surface area contributed by atoms with Gasteiger partial charge in [0.05, 0.1) is 6.10 Å². The van der Waals surface area contributed by atoms with Crippen LogP contribution in [0, 0.1) is 0 Å². The van der Waals surface area contributed by atoms with E-state index in [1.165, 1.54) is 12.8 Å². The lowest BCUT2D eigenvalue weighted by atomic mass is 10.2. The Kier molecular flexibility index (Phi) is 5.14. The van der Waals surface area contributed by atoms with Crippen LogP contribution in [0.5, 0.6) is 0 Å². The van der Waals surface area contributed by atoms with Crippen molar-refractivity contribution in [3.63, 3.8) is 0 Å². The van der Waals surface area contributed by atoms with E-state index in [4.69, 9.17) is 10.5 Å². The van der Waals surface area contributed by atoms with Crippen LogP contribution in [0.15, 0.2) is 0 Å². The fraction of sp³-hybridized carbons (Fsp3) is 1.00. The Morgan fingerprint density at radius 1 is 1.62 bits per heavy atom. The van der Waals surface area contributed by atoms with Crippen molar-refractivity contribution in [2.45, 2.75) is 50.5 Å². The number of rotatable bonds is 5. The zero-order valence-electron chi connectivity index (χ0n) is 8.66. The Morgan fingerprint density at radius 2 is 2.38 bits per heavy atom. The fourth-order valence-corrected chi connectivity index (χ4v) is 2.71. The van der Waals surface area contributed by atoms with Gasteiger partial charge in [-0.2, -0.15) is 11.8 Å². The van der Waals surface area contributed by atoms with Gasteiger partial charge in [0.15, 0.2) is 0 Å². The molecule has 3 atom stereocenters. The second-order valence-corrected chi connectivity index (χ2v) is 5.16. The highest BCUT2D eigenvalue weighted by Gasteiger charge is 2.18. The normalized spacial score (nSPS) is 27.5. The summed E-state index contributed by atoms with van der Waals surface area (Å²) in [6, 6.07) is 0.339. The van der Waals surface area contributed by atoms with Crippen molar-refractivity contribution in [2.75, 3.05) is 12.4 Å². The molecular formula is C10H21NOS. The zero-order chi connectivity index (χ0) is 9.68. The average molecular weight is 203 g/mol. The van der Waals surface area contributed by atoms with Crippen molar-refractivity contribution in [3.05, 3.63) is 0 Å². The summed E-state index contributed by atoms with van der Waals surface area (Å²) in [5, 5.41) is 0.564. The Hall–Kier alpha value is 0.270. The third-order valence-electron chi connectivity index (χ3n) is 2.64. The first-order valence-corrected chi connectivity index (χ1v) is 6.27. The lowest BCUT2D eigenvalue weighted by Gasteiger charge is -2.19. The van der Waals surface area contributed by atoms with Gasteiger partial charge in [-0.15, -0.1) is 0 Å². The van der Waals surface area contributed by atoms with Crippen LogP contribution in [0.1, 0.15) is 33.1 Å². The molecule has 0 aromatic rings. The standard InChI is InChI=1S/C10H21NOS/c1-3-10(11)8(2)13-7-9-5-4-6-12-9/h8-10H,3-7,11H2,1-2H3. The van der Waals surface area contributed by atoms with Crippen LogP contribution in [0.2, 0.25) is 0 Å². The molecule has 1 fully saturated rings. The molecule has 0 aromatic heterocycles. The number of ether oxygens (including phenoxy) is 1. The van der Waals surface area contributed by atoms with Crippen LogP contribution in [0.4, 0.5) is 0 Å². The molecule has 1 aliphatic rings. The molecule has 2 N–H and O–H groups in total. The van der Waals surface area contributed by atoms with E-state index < -0.39 is 0 Å². The summed E-state index contributed by atoms with van der Waals surface area (Å²) in [5.41, 5.74) is 5.94. The van der Waals surface area contributed by atoms with E-state index in [0.717, 1.165) is 18.8 Å². The van der Waals surface area contributed by atoms with Crippen LogP contribution in [-0.2, 0) is 4.74 Å².